The molecule has 1 heterocycles. The van der Waals surface area contributed by atoms with E-state index in [4.69, 9.17) is 11.6 Å². The molecule has 2 aromatic carbocycles. The molecule has 0 saturated heterocycles. The molecule has 0 unspecified atom stereocenters. The van der Waals surface area contributed by atoms with Crippen LogP contribution in [0, 0.1) is 0 Å². The maximum absolute atomic E-state index is 6.32. The lowest BCUT2D eigenvalue weighted by Gasteiger charge is -2.39. The van der Waals surface area contributed by atoms with E-state index in [0.717, 1.165) is 24.4 Å². The highest BCUT2D eigenvalue weighted by Gasteiger charge is 2.32. The van der Waals surface area contributed by atoms with Gasteiger partial charge in [0.1, 0.15) is 0 Å². The molecular formula is C17H16ClN. The fourth-order valence-corrected chi connectivity index (χ4v) is 3.84. The van der Waals surface area contributed by atoms with Gasteiger partial charge >= 0.3 is 0 Å². The van der Waals surface area contributed by atoms with Crippen molar-refractivity contribution in [2.24, 2.45) is 0 Å². The molecule has 0 amide bonds. The minimum absolute atomic E-state index is 0.519. The molecule has 1 aliphatic carbocycles. The Kier molecular flexibility index (Phi) is 2.48. The zero-order chi connectivity index (χ0) is 13.0. The van der Waals surface area contributed by atoms with Gasteiger partial charge in [0.15, 0.2) is 0 Å². The van der Waals surface area contributed by atoms with E-state index in [1.807, 2.05) is 0 Å². The van der Waals surface area contributed by atoms with Gasteiger partial charge in [-0.25, -0.2) is 0 Å². The number of hydrogen-bond acceptors (Lipinski definition) is 1. The number of hydrogen-bond donors (Lipinski definition) is 0. The molecule has 2 aromatic rings. The first-order valence-corrected chi connectivity index (χ1v) is 7.22. The minimum Gasteiger partial charge on any atom is -0.299 e. The molecular weight excluding hydrogens is 254 g/mol. The fourth-order valence-electron chi connectivity index (χ4n) is 3.60. The Balaban J connectivity index is 2.05. The largest absolute Gasteiger partial charge is 0.299 e. The summed E-state index contributed by atoms with van der Waals surface area (Å²) in [5.41, 5.74) is 7.12. The van der Waals surface area contributed by atoms with Gasteiger partial charge in [-0.1, -0.05) is 35.9 Å². The van der Waals surface area contributed by atoms with Crippen LogP contribution in [-0.4, -0.2) is 18.5 Å². The molecule has 1 nitrogen and oxygen atoms in total. The van der Waals surface area contributed by atoms with Crippen molar-refractivity contribution in [3.05, 3.63) is 58.1 Å². The van der Waals surface area contributed by atoms with Crippen molar-refractivity contribution in [2.75, 3.05) is 13.6 Å². The maximum Gasteiger partial charge on any atom is 0.0415 e. The summed E-state index contributed by atoms with van der Waals surface area (Å²) >= 11 is 6.32. The fraction of sp³-hybridized carbons (Fsp3) is 0.294. The molecule has 0 saturated carbocycles. The predicted molar refractivity (Wildman–Crippen MR) is 79.7 cm³/mol. The van der Waals surface area contributed by atoms with Crippen LogP contribution >= 0.6 is 11.6 Å². The van der Waals surface area contributed by atoms with Gasteiger partial charge in [0.05, 0.1) is 0 Å². The van der Waals surface area contributed by atoms with Crippen molar-refractivity contribution in [3.8, 4) is 11.1 Å². The lowest BCUT2D eigenvalue weighted by Crippen LogP contribution is -2.35. The summed E-state index contributed by atoms with van der Waals surface area (Å²) in [5.74, 6) is 0. The lowest BCUT2D eigenvalue weighted by atomic mass is 9.77. The Labute approximate surface area is 118 Å². The van der Waals surface area contributed by atoms with Crippen LogP contribution in [0.5, 0.6) is 0 Å². The second-order valence-corrected chi connectivity index (χ2v) is 6.07. The monoisotopic (exact) mass is 269 g/mol. The highest BCUT2D eigenvalue weighted by molar-refractivity contribution is 6.31. The average molecular weight is 270 g/mol. The van der Waals surface area contributed by atoms with Gasteiger partial charge in [0, 0.05) is 17.6 Å². The third-order valence-electron chi connectivity index (χ3n) is 4.55. The summed E-state index contributed by atoms with van der Waals surface area (Å²) in [7, 11) is 2.24. The van der Waals surface area contributed by atoms with Crippen LogP contribution in [0.3, 0.4) is 0 Å². The zero-order valence-corrected chi connectivity index (χ0v) is 11.7. The average Bonchev–Trinajstić information content (AvgIpc) is 2.42. The van der Waals surface area contributed by atoms with E-state index in [0.29, 0.717) is 6.04 Å². The van der Waals surface area contributed by atoms with Crippen LogP contribution in [0.15, 0.2) is 36.4 Å². The van der Waals surface area contributed by atoms with Crippen LogP contribution in [0.2, 0.25) is 5.02 Å². The third-order valence-corrected chi connectivity index (χ3v) is 4.77. The van der Waals surface area contributed by atoms with Gasteiger partial charge in [0.2, 0.25) is 0 Å². The van der Waals surface area contributed by atoms with E-state index in [2.05, 4.69) is 48.3 Å². The molecule has 0 aromatic heterocycles. The molecule has 0 fully saturated rings. The Morgan fingerprint density at radius 1 is 1.11 bits per heavy atom. The second-order valence-electron chi connectivity index (χ2n) is 5.63. The normalized spacial score (nSPS) is 20.8. The minimum atomic E-state index is 0.519. The number of rotatable bonds is 0. The van der Waals surface area contributed by atoms with Gasteiger partial charge in [-0.2, -0.15) is 0 Å². The van der Waals surface area contributed by atoms with Crippen molar-refractivity contribution in [1.82, 2.24) is 4.90 Å². The van der Waals surface area contributed by atoms with Crippen LogP contribution < -0.4 is 0 Å². The molecule has 0 N–H and O–H groups in total. The summed E-state index contributed by atoms with van der Waals surface area (Å²) in [6.07, 6.45) is 2.23. The quantitative estimate of drug-likeness (QED) is 0.696. The predicted octanol–water partition coefficient (Wildman–Crippen LogP) is 4.09. The summed E-state index contributed by atoms with van der Waals surface area (Å²) in [4.78, 5) is 2.48. The summed E-state index contributed by atoms with van der Waals surface area (Å²) in [6, 6.07) is 13.6. The zero-order valence-electron chi connectivity index (χ0n) is 11.0. The Bertz CT molecular complexity index is 662. The topological polar surface area (TPSA) is 3.24 Å². The van der Waals surface area contributed by atoms with Crippen molar-refractivity contribution in [2.45, 2.75) is 18.9 Å². The van der Waals surface area contributed by atoms with Crippen LogP contribution in [0.25, 0.3) is 11.1 Å². The van der Waals surface area contributed by atoms with Gasteiger partial charge in [-0.05, 0) is 59.8 Å². The van der Waals surface area contributed by atoms with E-state index in [9.17, 15) is 0 Å². The summed E-state index contributed by atoms with van der Waals surface area (Å²) in [5, 5.41) is 0.869. The summed E-state index contributed by atoms with van der Waals surface area (Å²) < 4.78 is 0. The Morgan fingerprint density at radius 2 is 1.95 bits per heavy atom. The first kappa shape index (κ1) is 11.5. The summed E-state index contributed by atoms with van der Waals surface area (Å²) in [6.45, 7) is 1.12. The van der Waals surface area contributed by atoms with E-state index in [1.165, 1.54) is 27.8 Å². The number of benzene rings is 2. The molecule has 2 aliphatic rings. The molecule has 96 valence electrons. The number of likely N-dealkylation sites (N-methyl/N-ethyl adjacent to an activating group) is 1. The van der Waals surface area contributed by atoms with Crippen molar-refractivity contribution >= 4 is 11.6 Å². The third kappa shape index (κ3) is 1.65. The highest BCUT2D eigenvalue weighted by atomic mass is 35.5. The smallest absolute Gasteiger partial charge is 0.0415 e. The van der Waals surface area contributed by atoms with Crippen LogP contribution in [0.4, 0.5) is 0 Å². The van der Waals surface area contributed by atoms with Gasteiger partial charge in [0.25, 0.3) is 0 Å². The van der Waals surface area contributed by atoms with Gasteiger partial charge in [-0.3, -0.25) is 4.90 Å². The molecule has 2 heteroatoms. The molecule has 0 radical (unpaired) electrons. The molecule has 19 heavy (non-hydrogen) atoms. The second kappa shape index (κ2) is 4.09. The van der Waals surface area contributed by atoms with Crippen molar-refractivity contribution < 1.29 is 0 Å². The Morgan fingerprint density at radius 3 is 2.84 bits per heavy atom. The lowest BCUT2D eigenvalue weighted by molar-refractivity contribution is 0.228. The Hall–Kier alpha value is -1.31. The van der Waals surface area contributed by atoms with Gasteiger partial charge in [-0.15, -0.1) is 0 Å². The van der Waals surface area contributed by atoms with Crippen molar-refractivity contribution in [1.29, 1.82) is 0 Å². The molecule has 0 spiro atoms. The van der Waals surface area contributed by atoms with Crippen molar-refractivity contribution in [3.63, 3.8) is 0 Å². The highest BCUT2D eigenvalue weighted by Crippen LogP contribution is 2.45. The number of fused-ring (bicyclic) bond motifs is 2. The van der Waals surface area contributed by atoms with E-state index < -0.39 is 0 Å². The molecule has 0 bridgehead atoms. The maximum atomic E-state index is 6.32. The molecule has 1 atom stereocenters. The number of nitrogens with zero attached hydrogens (tertiary/aromatic N) is 1. The molecule has 1 aliphatic heterocycles. The first-order valence-electron chi connectivity index (χ1n) is 6.85. The van der Waals surface area contributed by atoms with Crippen LogP contribution in [-0.2, 0) is 12.8 Å². The van der Waals surface area contributed by atoms with E-state index in [-0.39, 0.29) is 0 Å². The van der Waals surface area contributed by atoms with E-state index >= 15 is 0 Å². The standard InChI is InChI=1S/C17H16ClN/c1-19-7-6-12-8-13(18)10-15-14-5-3-2-4-11(14)9-16(19)17(12)15/h2-5,8,10,16H,6-7,9H2,1H3/t16-/m1/s1. The number of halogens is 1. The van der Waals surface area contributed by atoms with Crippen LogP contribution in [0.1, 0.15) is 22.7 Å². The van der Waals surface area contributed by atoms with Gasteiger partial charge < -0.3 is 0 Å². The molecule has 4 rings (SSSR count). The first-order chi connectivity index (χ1) is 9.24. The van der Waals surface area contributed by atoms with E-state index in [1.54, 1.807) is 0 Å². The SMILES string of the molecule is CN1CCc2cc(Cl)cc3c2[C@H]1Cc1ccccc1-3.